The fourth-order valence-electron chi connectivity index (χ4n) is 3.02. The van der Waals surface area contributed by atoms with Crippen molar-refractivity contribution >= 4 is 23.4 Å². The van der Waals surface area contributed by atoms with Crippen LogP contribution in [-0.2, 0) is 18.7 Å². The molecule has 0 unspecified atom stereocenters. The van der Waals surface area contributed by atoms with Gasteiger partial charge in [-0.15, -0.1) is 16.8 Å². The molecule has 5 nitrogen and oxygen atoms in total. The molecule has 2 aromatic carbocycles. The van der Waals surface area contributed by atoms with E-state index in [1.165, 1.54) is 5.56 Å². The number of rotatable bonds is 11. The largest absolute Gasteiger partial charge is 0.497 e. The summed E-state index contributed by atoms with van der Waals surface area (Å²) < 4.78 is 13.3. The lowest BCUT2D eigenvalue weighted by molar-refractivity contribution is 0.307. The van der Waals surface area contributed by atoms with Gasteiger partial charge in [-0.05, 0) is 54.8 Å². The summed E-state index contributed by atoms with van der Waals surface area (Å²) in [7, 11) is 1.68. The molecule has 0 atom stereocenters. The SMILES string of the molecule is C=CCn1c(CCCOc2ccc(Cl)cc2C)nnc1SCc1cccc(OC)c1. The zero-order valence-electron chi connectivity index (χ0n) is 17.3. The lowest BCUT2D eigenvalue weighted by Crippen LogP contribution is -2.07. The summed E-state index contributed by atoms with van der Waals surface area (Å²) in [5.41, 5.74) is 2.22. The van der Waals surface area contributed by atoms with E-state index >= 15 is 0 Å². The van der Waals surface area contributed by atoms with Gasteiger partial charge in [-0.25, -0.2) is 0 Å². The molecule has 0 aliphatic heterocycles. The van der Waals surface area contributed by atoms with Crippen molar-refractivity contribution in [2.24, 2.45) is 0 Å². The highest BCUT2D eigenvalue weighted by atomic mass is 35.5. The van der Waals surface area contributed by atoms with Gasteiger partial charge in [-0.2, -0.15) is 0 Å². The second kappa shape index (κ2) is 11.1. The van der Waals surface area contributed by atoms with Gasteiger partial charge < -0.3 is 14.0 Å². The molecular weight excluding hydrogens is 418 g/mol. The molecule has 0 saturated heterocycles. The van der Waals surface area contributed by atoms with Crippen LogP contribution in [0.1, 0.15) is 23.4 Å². The Morgan fingerprint density at radius 2 is 2.07 bits per heavy atom. The van der Waals surface area contributed by atoms with Gasteiger partial charge in [-0.1, -0.05) is 41.6 Å². The van der Waals surface area contributed by atoms with Crippen LogP contribution in [-0.4, -0.2) is 28.5 Å². The number of benzene rings is 2. The summed E-state index contributed by atoms with van der Waals surface area (Å²) in [5, 5.41) is 10.4. The number of hydrogen-bond acceptors (Lipinski definition) is 5. The Hall–Kier alpha value is -2.44. The Bertz CT molecular complexity index is 990. The Labute approximate surface area is 187 Å². The molecule has 0 N–H and O–H groups in total. The first-order valence-electron chi connectivity index (χ1n) is 9.78. The van der Waals surface area contributed by atoms with Gasteiger partial charge >= 0.3 is 0 Å². The number of allylic oxidation sites excluding steroid dienone is 1. The van der Waals surface area contributed by atoms with Crippen LogP contribution in [0, 0.1) is 6.92 Å². The number of ether oxygens (including phenoxy) is 2. The van der Waals surface area contributed by atoms with E-state index in [4.69, 9.17) is 21.1 Å². The van der Waals surface area contributed by atoms with Crippen molar-refractivity contribution in [3.63, 3.8) is 0 Å². The normalized spacial score (nSPS) is 10.8. The summed E-state index contributed by atoms with van der Waals surface area (Å²) in [6.45, 7) is 7.16. The molecule has 0 spiro atoms. The zero-order chi connectivity index (χ0) is 21.3. The predicted molar refractivity (Wildman–Crippen MR) is 123 cm³/mol. The van der Waals surface area contributed by atoms with Crippen LogP contribution in [0.2, 0.25) is 5.02 Å². The van der Waals surface area contributed by atoms with Crippen molar-refractivity contribution in [1.82, 2.24) is 14.8 Å². The van der Waals surface area contributed by atoms with E-state index in [-0.39, 0.29) is 0 Å². The minimum absolute atomic E-state index is 0.607. The van der Waals surface area contributed by atoms with Crippen LogP contribution < -0.4 is 9.47 Å². The van der Waals surface area contributed by atoms with Crippen molar-refractivity contribution in [2.75, 3.05) is 13.7 Å². The predicted octanol–water partition coefficient (Wildman–Crippen LogP) is 5.74. The molecule has 1 aromatic heterocycles. The van der Waals surface area contributed by atoms with Crippen molar-refractivity contribution in [2.45, 2.75) is 37.2 Å². The average Bonchev–Trinajstić information content (AvgIpc) is 3.13. The maximum Gasteiger partial charge on any atom is 0.191 e. The molecule has 1 heterocycles. The minimum Gasteiger partial charge on any atom is -0.497 e. The van der Waals surface area contributed by atoms with Crippen molar-refractivity contribution in [3.8, 4) is 11.5 Å². The number of hydrogen-bond donors (Lipinski definition) is 0. The van der Waals surface area contributed by atoms with E-state index in [9.17, 15) is 0 Å². The smallest absolute Gasteiger partial charge is 0.191 e. The van der Waals surface area contributed by atoms with Crippen molar-refractivity contribution in [1.29, 1.82) is 0 Å². The number of aromatic nitrogens is 3. The molecule has 0 amide bonds. The Morgan fingerprint density at radius 1 is 1.20 bits per heavy atom. The van der Waals surface area contributed by atoms with Crippen LogP contribution in [0.4, 0.5) is 0 Å². The first kappa shape index (κ1) is 22.2. The number of halogens is 1. The third kappa shape index (κ3) is 6.03. The standard InChI is InChI=1S/C23H26ClN3O2S/c1-4-12-27-22(9-6-13-29-21-11-10-19(24)14-17(21)2)25-26-23(27)30-16-18-7-5-8-20(15-18)28-3/h4-5,7-8,10-11,14-15H,1,6,9,12-13,16H2,2-3H3. The number of methoxy groups -OCH3 is 1. The minimum atomic E-state index is 0.607. The second-order valence-electron chi connectivity index (χ2n) is 6.80. The maximum atomic E-state index is 6.00. The Kier molecular flexibility index (Phi) is 8.22. The van der Waals surface area contributed by atoms with Gasteiger partial charge in [0.1, 0.15) is 17.3 Å². The van der Waals surface area contributed by atoms with E-state index in [2.05, 4.69) is 27.4 Å². The third-order valence-corrected chi connectivity index (χ3v) is 5.82. The summed E-state index contributed by atoms with van der Waals surface area (Å²) in [6.07, 6.45) is 3.50. The molecule has 30 heavy (non-hydrogen) atoms. The highest BCUT2D eigenvalue weighted by Crippen LogP contribution is 2.25. The fraction of sp³-hybridized carbons (Fsp3) is 0.304. The van der Waals surface area contributed by atoms with E-state index in [1.54, 1.807) is 18.9 Å². The van der Waals surface area contributed by atoms with Crippen molar-refractivity contribution in [3.05, 3.63) is 77.1 Å². The first-order valence-corrected chi connectivity index (χ1v) is 11.1. The van der Waals surface area contributed by atoms with Gasteiger partial charge in [0.25, 0.3) is 0 Å². The molecular formula is C23H26ClN3O2S. The Balaban J connectivity index is 1.57. The topological polar surface area (TPSA) is 49.2 Å². The molecule has 3 aromatic rings. The van der Waals surface area contributed by atoms with Crippen LogP contribution in [0.25, 0.3) is 0 Å². The van der Waals surface area contributed by atoms with Crippen LogP contribution >= 0.6 is 23.4 Å². The van der Waals surface area contributed by atoms with Gasteiger partial charge in [-0.3, -0.25) is 0 Å². The molecule has 0 aliphatic carbocycles. The maximum absolute atomic E-state index is 6.00. The molecule has 0 aliphatic rings. The molecule has 0 radical (unpaired) electrons. The van der Waals surface area contributed by atoms with Gasteiger partial charge in [0.05, 0.1) is 13.7 Å². The highest BCUT2D eigenvalue weighted by Gasteiger charge is 2.12. The van der Waals surface area contributed by atoms with Crippen LogP contribution in [0.3, 0.4) is 0 Å². The first-order chi connectivity index (χ1) is 14.6. The third-order valence-electron chi connectivity index (χ3n) is 4.55. The molecule has 3 rings (SSSR count). The van der Waals surface area contributed by atoms with Crippen LogP contribution in [0.15, 0.2) is 60.3 Å². The molecule has 0 bridgehead atoms. The van der Waals surface area contributed by atoms with E-state index in [1.807, 2.05) is 49.4 Å². The van der Waals surface area contributed by atoms with E-state index in [0.29, 0.717) is 13.2 Å². The monoisotopic (exact) mass is 443 g/mol. The van der Waals surface area contributed by atoms with Crippen LogP contribution in [0.5, 0.6) is 11.5 Å². The second-order valence-corrected chi connectivity index (χ2v) is 8.18. The molecule has 0 fully saturated rings. The van der Waals surface area contributed by atoms with E-state index in [0.717, 1.165) is 51.7 Å². The lowest BCUT2D eigenvalue weighted by Gasteiger charge is -2.10. The summed E-state index contributed by atoms with van der Waals surface area (Å²) in [4.78, 5) is 0. The lowest BCUT2D eigenvalue weighted by atomic mass is 10.2. The summed E-state index contributed by atoms with van der Waals surface area (Å²) >= 11 is 7.66. The zero-order valence-corrected chi connectivity index (χ0v) is 18.9. The average molecular weight is 444 g/mol. The summed E-state index contributed by atoms with van der Waals surface area (Å²) in [6, 6.07) is 13.7. The van der Waals surface area contributed by atoms with Crippen molar-refractivity contribution < 1.29 is 9.47 Å². The number of thioether (sulfide) groups is 1. The molecule has 7 heteroatoms. The number of aryl methyl sites for hydroxylation is 2. The quantitative estimate of drug-likeness (QED) is 0.215. The molecule has 0 saturated carbocycles. The van der Waals surface area contributed by atoms with Gasteiger partial charge in [0.15, 0.2) is 5.16 Å². The van der Waals surface area contributed by atoms with Gasteiger partial charge in [0, 0.05) is 23.7 Å². The van der Waals surface area contributed by atoms with E-state index < -0.39 is 0 Å². The van der Waals surface area contributed by atoms with Gasteiger partial charge in [0.2, 0.25) is 0 Å². The highest BCUT2D eigenvalue weighted by molar-refractivity contribution is 7.98. The Morgan fingerprint density at radius 3 is 2.83 bits per heavy atom. The number of nitrogens with zero attached hydrogens (tertiary/aromatic N) is 3. The summed E-state index contributed by atoms with van der Waals surface area (Å²) in [5.74, 6) is 3.46. The fourth-order valence-corrected chi connectivity index (χ4v) is 4.16. The molecule has 158 valence electrons.